The Labute approximate surface area is 104 Å². The Morgan fingerprint density at radius 1 is 1.41 bits per heavy atom. The molecular weight excluding hydrogens is 234 g/mol. The van der Waals surface area contributed by atoms with E-state index in [4.69, 9.17) is 0 Å². The number of pyridine rings is 1. The van der Waals surface area contributed by atoms with E-state index in [1.807, 2.05) is 18.2 Å². The number of carbonyl (C=O) groups excluding carboxylic acids is 1. The first kappa shape index (κ1) is 11.9. The van der Waals surface area contributed by atoms with Crippen LogP contribution in [0.1, 0.15) is 17.3 Å². The van der Waals surface area contributed by atoms with Gasteiger partial charge in [0.25, 0.3) is 0 Å². The summed E-state index contributed by atoms with van der Waals surface area (Å²) in [4.78, 5) is 16.8. The lowest BCUT2D eigenvalue weighted by Gasteiger charge is -2.03. The Hall–Kier alpha value is -1.55. The first-order valence-corrected chi connectivity index (χ1v) is 6.34. The molecule has 4 heteroatoms. The van der Waals surface area contributed by atoms with Crippen molar-refractivity contribution in [3.63, 3.8) is 0 Å². The normalized spacial score (nSPS) is 10.5. The summed E-state index contributed by atoms with van der Waals surface area (Å²) >= 11 is 1.77. The van der Waals surface area contributed by atoms with E-state index >= 15 is 0 Å². The van der Waals surface area contributed by atoms with Gasteiger partial charge in [0.05, 0.1) is 18.2 Å². The molecule has 0 bridgehead atoms. The number of rotatable bonds is 3. The van der Waals surface area contributed by atoms with Crippen molar-refractivity contribution in [3.8, 4) is 0 Å². The zero-order valence-corrected chi connectivity index (χ0v) is 10.6. The van der Waals surface area contributed by atoms with Crippen molar-refractivity contribution in [3.05, 3.63) is 36.0 Å². The van der Waals surface area contributed by atoms with Gasteiger partial charge in [0.15, 0.2) is 0 Å². The van der Waals surface area contributed by atoms with E-state index < -0.39 is 0 Å². The highest BCUT2D eigenvalue weighted by Crippen LogP contribution is 2.22. The zero-order valence-electron chi connectivity index (χ0n) is 9.77. The monoisotopic (exact) mass is 247 g/mol. The molecule has 0 aliphatic heterocycles. The summed E-state index contributed by atoms with van der Waals surface area (Å²) in [5.41, 5.74) is 1.38. The molecule has 3 nitrogen and oxygen atoms in total. The SMILES string of the molecule is CCSc1ccc2cc(C(=O)OC)cnc2c1. The topological polar surface area (TPSA) is 39.2 Å². The highest BCUT2D eigenvalue weighted by molar-refractivity contribution is 7.99. The molecule has 0 saturated heterocycles. The number of ether oxygens (including phenoxy) is 1. The van der Waals surface area contributed by atoms with Crippen LogP contribution >= 0.6 is 11.8 Å². The van der Waals surface area contributed by atoms with Crippen LogP contribution in [-0.4, -0.2) is 23.8 Å². The first-order valence-electron chi connectivity index (χ1n) is 5.35. The number of aromatic nitrogens is 1. The van der Waals surface area contributed by atoms with E-state index in [1.54, 1.807) is 24.0 Å². The van der Waals surface area contributed by atoms with Gasteiger partial charge in [-0.2, -0.15) is 0 Å². The van der Waals surface area contributed by atoms with E-state index in [1.165, 1.54) is 12.0 Å². The average Bonchev–Trinajstić information content (AvgIpc) is 2.37. The van der Waals surface area contributed by atoms with Crippen molar-refractivity contribution in [1.29, 1.82) is 0 Å². The number of nitrogens with zero attached hydrogens (tertiary/aromatic N) is 1. The van der Waals surface area contributed by atoms with Crippen molar-refractivity contribution in [2.45, 2.75) is 11.8 Å². The number of esters is 1. The molecule has 0 spiro atoms. The molecule has 17 heavy (non-hydrogen) atoms. The molecule has 0 atom stereocenters. The smallest absolute Gasteiger partial charge is 0.339 e. The third kappa shape index (κ3) is 2.58. The standard InChI is InChI=1S/C13H13NO2S/c1-3-17-11-5-4-9-6-10(13(15)16-2)8-14-12(9)7-11/h4-8H,3H2,1-2H3. The van der Waals surface area contributed by atoms with Gasteiger partial charge in [0.2, 0.25) is 0 Å². The Bertz CT molecular complexity index is 554. The van der Waals surface area contributed by atoms with Crippen LogP contribution < -0.4 is 0 Å². The number of thioether (sulfide) groups is 1. The maximum absolute atomic E-state index is 11.4. The van der Waals surface area contributed by atoms with Gasteiger partial charge in [0, 0.05) is 16.5 Å². The summed E-state index contributed by atoms with van der Waals surface area (Å²) < 4.78 is 4.66. The van der Waals surface area contributed by atoms with Crippen LogP contribution in [-0.2, 0) is 4.74 Å². The van der Waals surface area contributed by atoms with Crippen molar-refractivity contribution in [2.24, 2.45) is 0 Å². The quantitative estimate of drug-likeness (QED) is 0.617. The van der Waals surface area contributed by atoms with E-state index in [-0.39, 0.29) is 5.97 Å². The molecule has 1 aromatic carbocycles. The molecule has 1 heterocycles. The maximum Gasteiger partial charge on any atom is 0.339 e. The van der Waals surface area contributed by atoms with E-state index in [2.05, 4.69) is 16.6 Å². The largest absolute Gasteiger partial charge is 0.465 e. The van der Waals surface area contributed by atoms with E-state index in [9.17, 15) is 4.79 Å². The number of carbonyl (C=O) groups is 1. The highest BCUT2D eigenvalue weighted by Gasteiger charge is 2.07. The zero-order chi connectivity index (χ0) is 12.3. The van der Waals surface area contributed by atoms with E-state index in [0.717, 1.165) is 16.7 Å². The van der Waals surface area contributed by atoms with Crippen LogP contribution in [0.2, 0.25) is 0 Å². The molecule has 0 unspecified atom stereocenters. The highest BCUT2D eigenvalue weighted by atomic mass is 32.2. The Morgan fingerprint density at radius 3 is 2.94 bits per heavy atom. The molecule has 0 saturated carbocycles. The Balaban J connectivity index is 2.43. The van der Waals surface area contributed by atoms with E-state index in [0.29, 0.717) is 5.56 Å². The fourth-order valence-electron chi connectivity index (χ4n) is 1.59. The fraction of sp³-hybridized carbons (Fsp3) is 0.231. The van der Waals surface area contributed by atoms with Gasteiger partial charge in [-0.05, 0) is 24.0 Å². The van der Waals surface area contributed by atoms with Crippen LogP contribution in [0.25, 0.3) is 10.9 Å². The van der Waals surface area contributed by atoms with Crippen LogP contribution in [0.5, 0.6) is 0 Å². The molecule has 0 amide bonds. The summed E-state index contributed by atoms with van der Waals surface area (Å²) in [5.74, 6) is 0.678. The summed E-state index contributed by atoms with van der Waals surface area (Å²) in [7, 11) is 1.37. The third-order valence-electron chi connectivity index (χ3n) is 2.39. The number of hydrogen-bond donors (Lipinski definition) is 0. The second-order valence-corrected chi connectivity index (χ2v) is 4.84. The summed E-state index contributed by atoms with van der Waals surface area (Å²) in [6.45, 7) is 2.11. The second kappa shape index (κ2) is 5.19. The van der Waals surface area contributed by atoms with Gasteiger partial charge in [-0.1, -0.05) is 13.0 Å². The molecule has 0 radical (unpaired) electrons. The molecule has 0 N–H and O–H groups in total. The summed E-state index contributed by atoms with van der Waals surface area (Å²) in [6.07, 6.45) is 1.55. The lowest BCUT2D eigenvalue weighted by molar-refractivity contribution is 0.0600. The number of benzene rings is 1. The van der Waals surface area contributed by atoms with Crippen LogP contribution in [0.3, 0.4) is 0 Å². The fourth-order valence-corrected chi connectivity index (χ4v) is 2.28. The van der Waals surface area contributed by atoms with Gasteiger partial charge >= 0.3 is 5.97 Å². The van der Waals surface area contributed by atoms with Gasteiger partial charge in [-0.3, -0.25) is 4.98 Å². The Morgan fingerprint density at radius 2 is 2.24 bits per heavy atom. The predicted molar refractivity (Wildman–Crippen MR) is 69.5 cm³/mol. The molecular formula is C13H13NO2S. The van der Waals surface area contributed by atoms with Crippen molar-refractivity contribution in [2.75, 3.05) is 12.9 Å². The minimum absolute atomic E-state index is 0.355. The lowest BCUT2D eigenvalue weighted by atomic mass is 10.1. The average molecular weight is 247 g/mol. The second-order valence-electron chi connectivity index (χ2n) is 3.50. The van der Waals surface area contributed by atoms with Gasteiger partial charge in [-0.15, -0.1) is 11.8 Å². The minimum Gasteiger partial charge on any atom is -0.465 e. The maximum atomic E-state index is 11.4. The summed E-state index contributed by atoms with van der Waals surface area (Å²) in [6, 6.07) is 7.85. The van der Waals surface area contributed by atoms with Crippen molar-refractivity contribution < 1.29 is 9.53 Å². The number of methoxy groups -OCH3 is 1. The van der Waals surface area contributed by atoms with Crippen molar-refractivity contribution in [1.82, 2.24) is 4.98 Å². The molecule has 88 valence electrons. The number of fused-ring (bicyclic) bond motifs is 1. The van der Waals surface area contributed by atoms with Crippen molar-refractivity contribution >= 4 is 28.6 Å². The van der Waals surface area contributed by atoms with Crippen LogP contribution in [0, 0.1) is 0 Å². The molecule has 0 fully saturated rings. The number of hydrogen-bond acceptors (Lipinski definition) is 4. The summed E-state index contributed by atoms with van der Waals surface area (Å²) in [5, 5.41) is 0.952. The minimum atomic E-state index is -0.355. The van der Waals surface area contributed by atoms with Gasteiger partial charge in [-0.25, -0.2) is 4.79 Å². The molecule has 2 rings (SSSR count). The third-order valence-corrected chi connectivity index (χ3v) is 3.26. The molecule has 0 aliphatic carbocycles. The van der Waals surface area contributed by atoms with Gasteiger partial charge in [0.1, 0.15) is 0 Å². The predicted octanol–water partition coefficient (Wildman–Crippen LogP) is 3.13. The lowest BCUT2D eigenvalue weighted by Crippen LogP contribution is -2.01. The van der Waals surface area contributed by atoms with Crippen LogP contribution in [0.15, 0.2) is 35.4 Å². The van der Waals surface area contributed by atoms with Crippen LogP contribution in [0.4, 0.5) is 0 Å². The molecule has 2 aromatic rings. The molecule has 0 aliphatic rings. The Kier molecular flexibility index (Phi) is 3.64. The molecule has 1 aromatic heterocycles. The van der Waals surface area contributed by atoms with Gasteiger partial charge < -0.3 is 4.74 Å². The first-order chi connectivity index (χ1) is 8.24.